The average Bonchev–Trinajstić information content (AvgIpc) is 2.82. The Morgan fingerprint density at radius 3 is 2.86 bits per heavy atom. The van der Waals surface area contributed by atoms with Gasteiger partial charge in [-0.1, -0.05) is 18.6 Å². The SMILES string of the molecule is COc1ccc2c(c1)CCC1=C2CC[C@@]2(C)[C@H](O)CC[C@H]12. The van der Waals surface area contributed by atoms with E-state index in [0.29, 0.717) is 5.92 Å². The maximum atomic E-state index is 10.4. The molecule has 0 aliphatic heterocycles. The van der Waals surface area contributed by atoms with Gasteiger partial charge in [-0.3, -0.25) is 0 Å². The summed E-state index contributed by atoms with van der Waals surface area (Å²) in [5, 5.41) is 10.4. The third-order valence-corrected chi connectivity index (χ3v) is 6.31. The Labute approximate surface area is 126 Å². The van der Waals surface area contributed by atoms with E-state index in [4.69, 9.17) is 4.74 Å². The van der Waals surface area contributed by atoms with Crippen molar-refractivity contribution in [1.82, 2.24) is 0 Å². The largest absolute Gasteiger partial charge is 0.497 e. The fourth-order valence-corrected chi connectivity index (χ4v) is 4.99. The third-order valence-electron chi connectivity index (χ3n) is 6.31. The van der Waals surface area contributed by atoms with Crippen LogP contribution < -0.4 is 4.74 Å². The van der Waals surface area contributed by atoms with Crippen molar-refractivity contribution in [3.8, 4) is 5.75 Å². The molecule has 1 aromatic carbocycles. The van der Waals surface area contributed by atoms with E-state index >= 15 is 0 Å². The van der Waals surface area contributed by atoms with Crippen LogP contribution in [0.3, 0.4) is 0 Å². The first-order valence-electron chi connectivity index (χ1n) is 8.21. The summed E-state index contributed by atoms with van der Waals surface area (Å²) in [6, 6.07) is 6.54. The molecule has 112 valence electrons. The minimum atomic E-state index is -0.103. The van der Waals surface area contributed by atoms with Gasteiger partial charge in [0.1, 0.15) is 5.75 Å². The highest BCUT2D eigenvalue weighted by atomic mass is 16.5. The van der Waals surface area contributed by atoms with Crippen molar-refractivity contribution in [3.63, 3.8) is 0 Å². The molecule has 3 aliphatic carbocycles. The molecule has 0 aromatic heterocycles. The summed E-state index contributed by atoms with van der Waals surface area (Å²) in [5.41, 5.74) is 6.24. The zero-order valence-corrected chi connectivity index (χ0v) is 13.0. The summed E-state index contributed by atoms with van der Waals surface area (Å²) < 4.78 is 5.37. The van der Waals surface area contributed by atoms with E-state index in [1.165, 1.54) is 24.0 Å². The van der Waals surface area contributed by atoms with Gasteiger partial charge in [-0.05, 0) is 73.3 Å². The van der Waals surface area contributed by atoms with Crippen LogP contribution in [0.1, 0.15) is 50.2 Å². The zero-order valence-electron chi connectivity index (χ0n) is 13.0. The van der Waals surface area contributed by atoms with Gasteiger partial charge in [0.25, 0.3) is 0 Å². The molecule has 0 bridgehead atoms. The van der Waals surface area contributed by atoms with Crippen LogP contribution in [-0.4, -0.2) is 18.3 Å². The van der Waals surface area contributed by atoms with Gasteiger partial charge in [0.2, 0.25) is 0 Å². The molecule has 3 aliphatic rings. The van der Waals surface area contributed by atoms with Crippen molar-refractivity contribution in [1.29, 1.82) is 0 Å². The van der Waals surface area contributed by atoms with Gasteiger partial charge >= 0.3 is 0 Å². The van der Waals surface area contributed by atoms with Crippen LogP contribution in [0.4, 0.5) is 0 Å². The first kappa shape index (κ1) is 13.4. The predicted octanol–water partition coefficient (Wildman–Crippen LogP) is 3.97. The standard InChI is InChI=1S/C19H24O2/c1-19-10-9-15-14-6-4-13(21-2)11-12(14)3-5-16(15)17(19)7-8-18(19)20/h4,6,11,17-18,20H,3,5,7-10H2,1-2H3/t17-,18-,19-/m1/s1. The Hall–Kier alpha value is -1.28. The van der Waals surface area contributed by atoms with E-state index in [1.807, 2.05) is 0 Å². The Morgan fingerprint density at radius 1 is 1.19 bits per heavy atom. The lowest BCUT2D eigenvalue weighted by Crippen LogP contribution is -2.37. The van der Waals surface area contributed by atoms with E-state index < -0.39 is 0 Å². The molecule has 1 aromatic rings. The molecule has 0 spiro atoms. The molecule has 2 heteroatoms. The molecular formula is C19H24O2. The second-order valence-corrected chi connectivity index (χ2v) is 7.18. The maximum Gasteiger partial charge on any atom is 0.119 e. The number of aliphatic hydroxyl groups excluding tert-OH is 1. The minimum absolute atomic E-state index is 0.103. The highest BCUT2D eigenvalue weighted by Gasteiger charge is 2.50. The summed E-state index contributed by atoms with van der Waals surface area (Å²) in [6.07, 6.45) is 6.59. The second-order valence-electron chi connectivity index (χ2n) is 7.18. The van der Waals surface area contributed by atoms with Gasteiger partial charge in [-0.25, -0.2) is 0 Å². The number of benzene rings is 1. The summed E-state index contributed by atoms with van der Waals surface area (Å²) in [4.78, 5) is 0. The molecule has 0 saturated heterocycles. The van der Waals surface area contributed by atoms with E-state index in [2.05, 4.69) is 25.1 Å². The minimum Gasteiger partial charge on any atom is -0.497 e. The molecule has 0 radical (unpaired) electrons. The Balaban J connectivity index is 1.79. The zero-order chi connectivity index (χ0) is 14.6. The fourth-order valence-electron chi connectivity index (χ4n) is 4.99. The van der Waals surface area contributed by atoms with E-state index in [9.17, 15) is 5.11 Å². The molecule has 1 fully saturated rings. The maximum absolute atomic E-state index is 10.4. The van der Waals surface area contributed by atoms with Crippen molar-refractivity contribution in [2.75, 3.05) is 7.11 Å². The number of rotatable bonds is 1. The summed E-state index contributed by atoms with van der Waals surface area (Å²) in [5.74, 6) is 1.57. The van der Waals surface area contributed by atoms with Gasteiger partial charge in [-0.2, -0.15) is 0 Å². The summed E-state index contributed by atoms with van der Waals surface area (Å²) in [6.45, 7) is 2.31. The van der Waals surface area contributed by atoms with E-state index in [1.54, 1.807) is 18.3 Å². The molecule has 2 nitrogen and oxygen atoms in total. The average molecular weight is 284 g/mol. The van der Waals surface area contributed by atoms with Crippen molar-refractivity contribution in [2.24, 2.45) is 11.3 Å². The quantitative estimate of drug-likeness (QED) is 0.845. The molecular weight excluding hydrogens is 260 g/mol. The molecule has 1 N–H and O–H groups in total. The first-order chi connectivity index (χ1) is 10.1. The van der Waals surface area contributed by atoms with Gasteiger partial charge in [0, 0.05) is 5.41 Å². The Kier molecular flexibility index (Phi) is 2.94. The highest BCUT2D eigenvalue weighted by molar-refractivity contribution is 5.75. The van der Waals surface area contributed by atoms with E-state index in [-0.39, 0.29) is 11.5 Å². The highest BCUT2D eigenvalue weighted by Crippen LogP contribution is 2.58. The second kappa shape index (κ2) is 4.61. The summed E-state index contributed by atoms with van der Waals surface area (Å²) in [7, 11) is 1.74. The Bertz CT molecular complexity index is 616. The first-order valence-corrected chi connectivity index (χ1v) is 8.21. The third kappa shape index (κ3) is 1.81. The predicted molar refractivity (Wildman–Crippen MR) is 84.3 cm³/mol. The van der Waals surface area contributed by atoms with Crippen molar-refractivity contribution in [3.05, 3.63) is 34.9 Å². The van der Waals surface area contributed by atoms with Crippen LogP contribution in [0.25, 0.3) is 5.57 Å². The van der Waals surface area contributed by atoms with Gasteiger partial charge in [-0.15, -0.1) is 0 Å². The van der Waals surface area contributed by atoms with Crippen LogP contribution in [0.2, 0.25) is 0 Å². The lowest BCUT2D eigenvalue weighted by molar-refractivity contribution is 0.0379. The molecule has 21 heavy (non-hydrogen) atoms. The van der Waals surface area contributed by atoms with Crippen LogP contribution in [0, 0.1) is 11.3 Å². The molecule has 0 heterocycles. The van der Waals surface area contributed by atoms with Crippen LogP contribution in [-0.2, 0) is 6.42 Å². The number of allylic oxidation sites excluding steroid dienone is 2. The molecule has 0 unspecified atom stereocenters. The fraction of sp³-hybridized carbons (Fsp3) is 0.579. The number of ether oxygens (including phenoxy) is 1. The van der Waals surface area contributed by atoms with Crippen LogP contribution in [0.5, 0.6) is 5.75 Å². The number of hydrogen-bond donors (Lipinski definition) is 1. The smallest absolute Gasteiger partial charge is 0.119 e. The number of hydrogen-bond acceptors (Lipinski definition) is 2. The molecule has 4 rings (SSSR count). The van der Waals surface area contributed by atoms with Crippen LogP contribution in [0.15, 0.2) is 23.8 Å². The van der Waals surface area contributed by atoms with E-state index in [0.717, 1.165) is 31.4 Å². The normalized spacial score (nSPS) is 34.2. The summed E-state index contributed by atoms with van der Waals surface area (Å²) >= 11 is 0. The monoisotopic (exact) mass is 284 g/mol. The number of aliphatic hydroxyl groups is 1. The number of aryl methyl sites for hydroxylation is 1. The topological polar surface area (TPSA) is 29.5 Å². The lowest BCUT2D eigenvalue weighted by Gasteiger charge is -2.43. The molecule has 0 amide bonds. The van der Waals surface area contributed by atoms with Gasteiger partial charge in [0.05, 0.1) is 13.2 Å². The molecule has 1 saturated carbocycles. The Morgan fingerprint density at radius 2 is 2.05 bits per heavy atom. The van der Waals surface area contributed by atoms with Gasteiger partial charge < -0.3 is 9.84 Å². The van der Waals surface area contributed by atoms with Crippen molar-refractivity contribution in [2.45, 2.75) is 51.6 Å². The molecule has 3 atom stereocenters. The van der Waals surface area contributed by atoms with Crippen molar-refractivity contribution < 1.29 is 9.84 Å². The van der Waals surface area contributed by atoms with Gasteiger partial charge in [0.15, 0.2) is 0 Å². The van der Waals surface area contributed by atoms with Crippen LogP contribution >= 0.6 is 0 Å². The number of methoxy groups -OCH3 is 1. The number of fused-ring (bicyclic) bond motifs is 4. The van der Waals surface area contributed by atoms with Crippen molar-refractivity contribution >= 4 is 5.57 Å². The lowest BCUT2D eigenvalue weighted by atomic mass is 9.62.